The van der Waals surface area contributed by atoms with Gasteiger partial charge in [0.25, 0.3) is 0 Å². The maximum absolute atomic E-state index is 14.3. The zero-order valence-electron chi connectivity index (χ0n) is 16.5. The van der Waals surface area contributed by atoms with E-state index in [1.54, 1.807) is 23.4 Å². The highest BCUT2D eigenvalue weighted by atomic mass is 35.5. The number of hydrogen-bond donors (Lipinski definition) is 2. The third-order valence-electron chi connectivity index (χ3n) is 5.18. The number of likely N-dealkylation sites (tertiary alicyclic amines) is 1. The fraction of sp³-hybridized carbons (Fsp3) is 0.400. The summed E-state index contributed by atoms with van der Waals surface area (Å²) in [6.07, 6.45) is 6.29. The van der Waals surface area contributed by atoms with Gasteiger partial charge in [-0.2, -0.15) is 0 Å². The summed E-state index contributed by atoms with van der Waals surface area (Å²) >= 11 is 6.06. The first-order valence-electron chi connectivity index (χ1n) is 9.71. The van der Waals surface area contributed by atoms with Crippen LogP contribution in [-0.4, -0.2) is 64.1 Å². The Morgan fingerprint density at radius 1 is 1.43 bits per heavy atom. The van der Waals surface area contributed by atoms with Crippen molar-refractivity contribution >= 4 is 34.4 Å². The average Bonchev–Trinajstić information content (AvgIpc) is 3.16. The number of amides is 1. The van der Waals surface area contributed by atoms with Crippen molar-refractivity contribution in [2.75, 3.05) is 38.7 Å². The van der Waals surface area contributed by atoms with Gasteiger partial charge in [0.2, 0.25) is 5.91 Å². The van der Waals surface area contributed by atoms with Crippen LogP contribution in [0.4, 0.5) is 10.2 Å². The van der Waals surface area contributed by atoms with Crippen LogP contribution in [-0.2, 0) is 9.53 Å². The molecule has 1 amide bonds. The number of halogens is 2. The lowest BCUT2D eigenvalue weighted by Crippen LogP contribution is -2.43. The van der Waals surface area contributed by atoms with E-state index in [1.165, 1.54) is 7.11 Å². The molecule has 8 nitrogen and oxygen atoms in total. The maximum atomic E-state index is 14.3. The molecular weight excluding hydrogens is 411 g/mol. The number of pyridine rings is 1. The number of carbonyl (C=O) groups excluding carboxylic acids is 1. The number of carbonyl (C=O) groups is 1. The molecule has 3 aromatic heterocycles. The van der Waals surface area contributed by atoms with E-state index in [9.17, 15) is 9.18 Å². The second kappa shape index (κ2) is 8.93. The summed E-state index contributed by atoms with van der Waals surface area (Å²) < 4.78 is 19.3. The van der Waals surface area contributed by atoms with Gasteiger partial charge in [0.15, 0.2) is 17.5 Å². The number of rotatable bonds is 6. The van der Waals surface area contributed by atoms with E-state index in [1.807, 2.05) is 0 Å². The first-order valence-corrected chi connectivity index (χ1v) is 10.1. The van der Waals surface area contributed by atoms with E-state index >= 15 is 0 Å². The number of anilines is 1. The second-order valence-corrected chi connectivity index (χ2v) is 7.74. The van der Waals surface area contributed by atoms with Crippen molar-refractivity contribution in [3.05, 3.63) is 35.5 Å². The summed E-state index contributed by atoms with van der Waals surface area (Å²) in [4.78, 5) is 29.6. The van der Waals surface area contributed by atoms with Crippen molar-refractivity contribution in [2.24, 2.45) is 5.92 Å². The number of nitrogens with zero attached hydrogens (tertiary/aromatic N) is 4. The van der Waals surface area contributed by atoms with E-state index in [-0.39, 0.29) is 24.2 Å². The molecule has 0 radical (unpaired) electrons. The molecule has 1 aliphatic heterocycles. The number of nitrogens with one attached hydrogen (secondary N) is 2. The molecule has 2 N–H and O–H groups in total. The van der Waals surface area contributed by atoms with Gasteiger partial charge in [-0.25, -0.2) is 19.3 Å². The lowest BCUT2D eigenvalue weighted by atomic mass is 9.98. The zero-order chi connectivity index (χ0) is 21.1. The molecule has 1 saturated heterocycles. The molecule has 10 heteroatoms. The van der Waals surface area contributed by atoms with Crippen LogP contribution in [0.25, 0.3) is 22.4 Å². The standard InChI is InChI=1S/C20H22ClFN6O2/c1-30-11-17(29)28-4-2-3-12(10-28)6-23-20-16(22)9-26-19(27-20)15-8-25-18-14(15)5-13(21)7-24-18/h5,7-9,12H,2-4,6,10-11H2,1H3,(H,24,25)(H,23,26,27)/t12-/m0/s1. The van der Waals surface area contributed by atoms with Crippen LogP contribution in [0.2, 0.25) is 5.02 Å². The molecule has 0 unspecified atom stereocenters. The maximum Gasteiger partial charge on any atom is 0.248 e. The number of ether oxygens (including phenoxy) is 1. The molecule has 0 bridgehead atoms. The Balaban J connectivity index is 1.49. The zero-order valence-corrected chi connectivity index (χ0v) is 17.2. The van der Waals surface area contributed by atoms with E-state index in [4.69, 9.17) is 16.3 Å². The molecule has 4 rings (SSSR count). The molecule has 1 fully saturated rings. The van der Waals surface area contributed by atoms with Crippen LogP contribution in [0.15, 0.2) is 24.7 Å². The molecule has 4 heterocycles. The molecule has 3 aromatic rings. The normalized spacial score (nSPS) is 16.8. The molecule has 0 spiro atoms. The first-order chi connectivity index (χ1) is 14.5. The highest BCUT2D eigenvalue weighted by Crippen LogP contribution is 2.28. The van der Waals surface area contributed by atoms with Crippen molar-refractivity contribution in [3.8, 4) is 11.4 Å². The van der Waals surface area contributed by atoms with E-state index in [0.29, 0.717) is 35.1 Å². The Hall–Kier alpha value is -2.78. The predicted octanol–water partition coefficient (Wildman–Crippen LogP) is 3.11. The summed E-state index contributed by atoms with van der Waals surface area (Å²) in [6.45, 7) is 1.92. The van der Waals surface area contributed by atoms with Gasteiger partial charge in [-0.3, -0.25) is 4.79 Å². The third kappa shape index (κ3) is 4.36. The smallest absolute Gasteiger partial charge is 0.248 e. The molecule has 0 saturated carbocycles. The number of piperidine rings is 1. The van der Waals surface area contributed by atoms with Gasteiger partial charge in [-0.15, -0.1) is 0 Å². The number of methoxy groups -OCH3 is 1. The van der Waals surface area contributed by atoms with Crippen molar-refractivity contribution in [1.29, 1.82) is 0 Å². The van der Waals surface area contributed by atoms with Crippen molar-refractivity contribution in [2.45, 2.75) is 12.8 Å². The van der Waals surface area contributed by atoms with E-state index < -0.39 is 5.82 Å². The largest absolute Gasteiger partial charge is 0.375 e. The Morgan fingerprint density at radius 3 is 3.13 bits per heavy atom. The summed E-state index contributed by atoms with van der Waals surface area (Å²) in [5.41, 5.74) is 1.34. The molecule has 1 atom stereocenters. The number of H-pyrrole nitrogens is 1. The van der Waals surface area contributed by atoms with Crippen LogP contribution in [0.3, 0.4) is 0 Å². The third-order valence-corrected chi connectivity index (χ3v) is 5.39. The Morgan fingerprint density at radius 2 is 2.30 bits per heavy atom. The van der Waals surface area contributed by atoms with Gasteiger partial charge in [-0.1, -0.05) is 11.6 Å². The average molecular weight is 433 g/mol. The van der Waals surface area contributed by atoms with Gasteiger partial charge in [0, 0.05) is 50.1 Å². The highest BCUT2D eigenvalue weighted by Gasteiger charge is 2.24. The van der Waals surface area contributed by atoms with Crippen LogP contribution in [0.1, 0.15) is 12.8 Å². The first kappa shape index (κ1) is 20.5. The molecule has 0 aliphatic carbocycles. The monoisotopic (exact) mass is 432 g/mol. The lowest BCUT2D eigenvalue weighted by molar-refractivity contribution is -0.136. The quantitative estimate of drug-likeness (QED) is 0.621. The van der Waals surface area contributed by atoms with E-state index in [2.05, 4.69) is 25.3 Å². The number of aromatic nitrogens is 4. The molecule has 158 valence electrons. The fourth-order valence-electron chi connectivity index (χ4n) is 3.70. The highest BCUT2D eigenvalue weighted by molar-refractivity contribution is 6.31. The fourth-order valence-corrected chi connectivity index (χ4v) is 3.86. The second-order valence-electron chi connectivity index (χ2n) is 7.30. The summed E-state index contributed by atoms with van der Waals surface area (Å²) in [7, 11) is 1.51. The van der Waals surface area contributed by atoms with Gasteiger partial charge < -0.3 is 19.9 Å². The minimum atomic E-state index is -0.530. The van der Waals surface area contributed by atoms with Crippen LogP contribution in [0.5, 0.6) is 0 Å². The Kier molecular flexibility index (Phi) is 6.10. The lowest BCUT2D eigenvalue weighted by Gasteiger charge is -2.32. The topological polar surface area (TPSA) is 96.0 Å². The van der Waals surface area contributed by atoms with Gasteiger partial charge in [-0.05, 0) is 24.8 Å². The van der Waals surface area contributed by atoms with Crippen molar-refractivity contribution in [1.82, 2.24) is 24.8 Å². The Labute approximate surface area is 177 Å². The Bertz CT molecular complexity index is 1060. The number of aromatic amines is 1. The van der Waals surface area contributed by atoms with Crippen molar-refractivity contribution in [3.63, 3.8) is 0 Å². The summed E-state index contributed by atoms with van der Waals surface area (Å²) in [5, 5.41) is 4.35. The van der Waals surface area contributed by atoms with Gasteiger partial charge >= 0.3 is 0 Å². The molecular formula is C20H22ClFN6O2. The SMILES string of the molecule is COCC(=O)N1CCC[C@@H](CNc2nc(-c3c[nH]c4ncc(Cl)cc34)ncc2F)C1. The minimum Gasteiger partial charge on any atom is -0.375 e. The summed E-state index contributed by atoms with van der Waals surface area (Å²) in [5.74, 6) is 0.148. The number of fused-ring (bicyclic) bond motifs is 1. The number of hydrogen-bond acceptors (Lipinski definition) is 6. The van der Waals surface area contributed by atoms with Crippen LogP contribution >= 0.6 is 11.6 Å². The summed E-state index contributed by atoms with van der Waals surface area (Å²) in [6, 6.07) is 1.77. The molecule has 0 aromatic carbocycles. The minimum absolute atomic E-state index is 0.0238. The van der Waals surface area contributed by atoms with Crippen molar-refractivity contribution < 1.29 is 13.9 Å². The van der Waals surface area contributed by atoms with E-state index in [0.717, 1.165) is 31.0 Å². The van der Waals surface area contributed by atoms with Crippen LogP contribution < -0.4 is 5.32 Å². The molecule has 1 aliphatic rings. The molecule has 30 heavy (non-hydrogen) atoms. The van der Waals surface area contributed by atoms with Gasteiger partial charge in [0.1, 0.15) is 12.3 Å². The predicted molar refractivity (Wildman–Crippen MR) is 112 cm³/mol. The van der Waals surface area contributed by atoms with Crippen LogP contribution in [0, 0.1) is 11.7 Å². The van der Waals surface area contributed by atoms with Gasteiger partial charge in [0.05, 0.1) is 11.2 Å².